The van der Waals surface area contributed by atoms with Crippen molar-refractivity contribution in [1.82, 2.24) is 0 Å². The summed E-state index contributed by atoms with van der Waals surface area (Å²) in [4.78, 5) is 10.6. The second-order valence-corrected chi connectivity index (χ2v) is 6.67. The molecule has 0 atom stereocenters. The van der Waals surface area contributed by atoms with E-state index in [4.69, 9.17) is 23.2 Å². The first-order valence-corrected chi connectivity index (χ1v) is 6.19. The van der Waals surface area contributed by atoms with Crippen molar-refractivity contribution in [3.63, 3.8) is 0 Å². The van der Waals surface area contributed by atoms with Gasteiger partial charge in [0.2, 0.25) is 0 Å². The number of carbonyl (C=O) groups is 1. The molecule has 0 heterocycles. The van der Waals surface area contributed by atoms with Crippen LogP contribution in [-0.2, 0) is 11.2 Å². The first-order chi connectivity index (χ1) is 7.72. The summed E-state index contributed by atoms with van der Waals surface area (Å²) in [6.45, 7) is 6.28. The first-order valence-electron chi connectivity index (χ1n) is 5.43. The Balaban J connectivity index is 2.72. The van der Waals surface area contributed by atoms with Gasteiger partial charge in [0, 0.05) is 17.6 Å². The van der Waals surface area contributed by atoms with Crippen LogP contribution in [0.15, 0.2) is 24.3 Å². The zero-order valence-corrected chi connectivity index (χ0v) is 11.8. The summed E-state index contributed by atoms with van der Waals surface area (Å²) in [6, 6.07) is 7.73. The molecule has 0 aliphatic rings. The molecule has 0 unspecified atom stereocenters. The number of benzene rings is 1. The van der Waals surface area contributed by atoms with Crippen LogP contribution >= 0.6 is 23.2 Å². The Bertz CT molecular complexity index is 379. The third kappa shape index (κ3) is 5.42. The molecule has 0 spiro atoms. The third-order valence-electron chi connectivity index (χ3n) is 2.09. The molecule has 0 fully saturated rings. The molecule has 0 aliphatic carbocycles. The van der Waals surface area contributed by atoms with E-state index in [0.29, 0.717) is 12.7 Å². The molecule has 1 rings (SSSR count). The summed E-state index contributed by atoms with van der Waals surface area (Å²) in [7, 11) is 0. The van der Waals surface area contributed by atoms with Gasteiger partial charge in [0.05, 0.1) is 0 Å². The van der Waals surface area contributed by atoms with Gasteiger partial charge in [-0.05, 0) is 38.5 Å². The highest BCUT2D eigenvalue weighted by Gasteiger charge is 2.23. The average Bonchev–Trinajstić information content (AvgIpc) is 2.19. The minimum atomic E-state index is -1.33. The number of hydrogen-bond donors (Lipinski definition) is 1. The molecule has 4 heteroatoms. The van der Waals surface area contributed by atoms with E-state index in [1.807, 2.05) is 24.3 Å². The molecule has 0 aliphatic heterocycles. The van der Waals surface area contributed by atoms with Crippen molar-refractivity contribution < 1.29 is 4.79 Å². The molecule has 1 aromatic rings. The van der Waals surface area contributed by atoms with E-state index in [2.05, 4.69) is 26.1 Å². The van der Waals surface area contributed by atoms with Crippen molar-refractivity contribution in [3.05, 3.63) is 29.8 Å². The monoisotopic (exact) mass is 273 g/mol. The van der Waals surface area contributed by atoms with Gasteiger partial charge in [-0.3, -0.25) is 4.79 Å². The van der Waals surface area contributed by atoms with Crippen molar-refractivity contribution in [2.75, 3.05) is 5.32 Å². The van der Waals surface area contributed by atoms with Gasteiger partial charge in [0.25, 0.3) is 0 Å². The number of anilines is 1. The number of nitrogens with one attached hydrogen (secondary N) is 1. The van der Waals surface area contributed by atoms with E-state index < -0.39 is 4.33 Å². The minimum absolute atomic E-state index is 0.0209. The summed E-state index contributed by atoms with van der Waals surface area (Å²) in [5.41, 5.74) is 1.98. The summed E-state index contributed by atoms with van der Waals surface area (Å²) in [5, 5.41) is 3.35. The van der Waals surface area contributed by atoms with Crippen molar-refractivity contribution in [2.24, 2.45) is 0 Å². The molecule has 0 amide bonds. The molecule has 0 saturated carbocycles. The van der Waals surface area contributed by atoms with Crippen LogP contribution in [0.5, 0.6) is 0 Å². The summed E-state index contributed by atoms with van der Waals surface area (Å²) >= 11 is 11.6. The van der Waals surface area contributed by atoms with Gasteiger partial charge in [0.1, 0.15) is 0 Å². The molecular weight excluding hydrogens is 257 g/mol. The van der Waals surface area contributed by atoms with Crippen LogP contribution in [0.25, 0.3) is 0 Å². The van der Waals surface area contributed by atoms with Gasteiger partial charge < -0.3 is 5.32 Å². The number of halogens is 2. The summed E-state index contributed by atoms with van der Waals surface area (Å²) in [5.74, 6) is 0. The molecule has 0 radical (unpaired) electrons. The largest absolute Gasteiger partial charge is 0.380 e. The average molecular weight is 274 g/mol. The zero-order valence-electron chi connectivity index (χ0n) is 10.3. The van der Waals surface area contributed by atoms with E-state index in [-0.39, 0.29) is 5.54 Å². The molecule has 0 aromatic heterocycles. The Kier molecular flexibility index (Phi) is 4.45. The summed E-state index contributed by atoms with van der Waals surface area (Å²) < 4.78 is -1.33. The minimum Gasteiger partial charge on any atom is -0.380 e. The number of hydrogen-bond acceptors (Lipinski definition) is 2. The molecule has 1 aromatic carbocycles. The highest BCUT2D eigenvalue weighted by molar-refractivity contribution is 6.55. The number of alkyl halides is 2. The van der Waals surface area contributed by atoms with Crippen molar-refractivity contribution in [1.29, 1.82) is 0 Å². The first kappa shape index (κ1) is 14.3. The fourth-order valence-corrected chi connectivity index (χ4v) is 1.76. The SMILES string of the molecule is CC(C)(C)Nc1ccc(CC(Cl)(Cl)C=O)cc1. The molecule has 0 bridgehead atoms. The Morgan fingerprint density at radius 2 is 1.71 bits per heavy atom. The van der Waals surface area contributed by atoms with E-state index in [9.17, 15) is 4.79 Å². The number of rotatable bonds is 4. The lowest BCUT2D eigenvalue weighted by Gasteiger charge is -2.22. The standard InChI is InChI=1S/C13H17Cl2NO/c1-12(2,3)16-11-6-4-10(5-7-11)8-13(14,15)9-17/h4-7,9,16H,8H2,1-3H3. The lowest BCUT2D eigenvalue weighted by Crippen LogP contribution is -2.26. The van der Waals surface area contributed by atoms with Crippen molar-refractivity contribution in [3.8, 4) is 0 Å². The van der Waals surface area contributed by atoms with Crippen LogP contribution in [0, 0.1) is 0 Å². The van der Waals surface area contributed by atoms with Crippen molar-refractivity contribution >= 4 is 35.2 Å². The zero-order chi connectivity index (χ0) is 13.1. The predicted octanol–water partition coefficient (Wildman–Crippen LogP) is 3.81. The van der Waals surface area contributed by atoms with E-state index in [0.717, 1.165) is 11.3 Å². The molecule has 2 nitrogen and oxygen atoms in total. The van der Waals surface area contributed by atoms with Gasteiger partial charge in [-0.15, -0.1) is 0 Å². The Morgan fingerprint density at radius 1 is 1.18 bits per heavy atom. The van der Waals surface area contributed by atoms with E-state index in [1.165, 1.54) is 0 Å². The fourth-order valence-electron chi connectivity index (χ4n) is 1.45. The summed E-state index contributed by atoms with van der Waals surface area (Å²) in [6.07, 6.45) is 0.868. The number of aldehydes is 1. The Hall–Kier alpha value is -0.730. The quantitative estimate of drug-likeness (QED) is 0.668. The van der Waals surface area contributed by atoms with Gasteiger partial charge in [-0.2, -0.15) is 0 Å². The van der Waals surface area contributed by atoms with Crippen LogP contribution in [0.4, 0.5) is 5.69 Å². The Morgan fingerprint density at radius 3 is 2.12 bits per heavy atom. The highest BCUT2D eigenvalue weighted by Crippen LogP contribution is 2.24. The normalized spacial score (nSPS) is 12.3. The second kappa shape index (κ2) is 5.28. The maximum absolute atomic E-state index is 10.6. The third-order valence-corrected chi connectivity index (χ3v) is 2.53. The maximum atomic E-state index is 10.6. The Labute approximate surface area is 112 Å². The van der Waals surface area contributed by atoms with Gasteiger partial charge >= 0.3 is 0 Å². The van der Waals surface area contributed by atoms with E-state index in [1.54, 1.807) is 0 Å². The molecule has 94 valence electrons. The van der Waals surface area contributed by atoms with Crippen LogP contribution in [0.3, 0.4) is 0 Å². The predicted molar refractivity (Wildman–Crippen MR) is 74.0 cm³/mol. The second-order valence-electron chi connectivity index (χ2n) is 5.13. The van der Waals surface area contributed by atoms with Crippen LogP contribution in [0.1, 0.15) is 26.3 Å². The topological polar surface area (TPSA) is 29.1 Å². The van der Waals surface area contributed by atoms with Gasteiger partial charge in [-0.1, -0.05) is 35.3 Å². The van der Waals surface area contributed by atoms with Gasteiger partial charge in [-0.25, -0.2) is 0 Å². The lowest BCUT2D eigenvalue weighted by atomic mass is 10.1. The van der Waals surface area contributed by atoms with Crippen LogP contribution in [-0.4, -0.2) is 16.2 Å². The fraction of sp³-hybridized carbons (Fsp3) is 0.462. The van der Waals surface area contributed by atoms with Crippen molar-refractivity contribution in [2.45, 2.75) is 37.1 Å². The molecule has 1 N–H and O–H groups in total. The van der Waals surface area contributed by atoms with E-state index >= 15 is 0 Å². The lowest BCUT2D eigenvalue weighted by molar-refractivity contribution is -0.108. The number of carbonyl (C=O) groups excluding carboxylic acids is 1. The molecule has 0 saturated heterocycles. The molecule has 17 heavy (non-hydrogen) atoms. The molecular formula is C13H17Cl2NO. The smallest absolute Gasteiger partial charge is 0.176 e. The van der Waals surface area contributed by atoms with Crippen LogP contribution < -0.4 is 5.32 Å². The van der Waals surface area contributed by atoms with Gasteiger partial charge in [0.15, 0.2) is 10.6 Å². The highest BCUT2D eigenvalue weighted by atomic mass is 35.5. The van der Waals surface area contributed by atoms with Crippen LogP contribution in [0.2, 0.25) is 0 Å². The maximum Gasteiger partial charge on any atom is 0.176 e.